The normalized spacial score (nSPS) is 12.6. The standard InChI is InChI=1S/C24H20N2O3S/c27-24(25-16-7-10-19-8-2-1-3-9-19)21-12-6-13-22(18-21)30(28,29)26-17-15-20-11-4-5-14-23(20)26/h1-6,8-9,11-14,18H,15-17H2,(H,25,27). The Hall–Kier alpha value is -3.56. The molecule has 1 heterocycles. The van der Waals surface area contributed by atoms with Gasteiger partial charge < -0.3 is 5.32 Å². The van der Waals surface area contributed by atoms with E-state index in [4.69, 9.17) is 0 Å². The van der Waals surface area contributed by atoms with Crippen LogP contribution in [-0.4, -0.2) is 27.4 Å². The van der Waals surface area contributed by atoms with E-state index in [0.717, 1.165) is 11.1 Å². The quantitative estimate of drug-likeness (QED) is 0.664. The molecule has 150 valence electrons. The molecule has 0 fully saturated rings. The van der Waals surface area contributed by atoms with Crippen molar-refractivity contribution in [1.82, 2.24) is 5.32 Å². The van der Waals surface area contributed by atoms with Crippen LogP contribution in [0.4, 0.5) is 5.69 Å². The first kappa shape index (κ1) is 19.7. The van der Waals surface area contributed by atoms with E-state index in [2.05, 4.69) is 17.2 Å². The average molecular weight is 417 g/mol. The first-order valence-corrected chi connectivity index (χ1v) is 11.0. The van der Waals surface area contributed by atoms with Crippen molar-refractivity contribution in [2.45, 2.75) is 11.3 Å². The number of para-hydroxylation sites is 1. The highest BCUT2D eigenvalue weighted by Gasteiger charge is 2.30. The van der Waals surface area contributed by atoms with Gasteiger partial charge in [0.2, 0.25) is 0 Å². The lowest BCUT2D eigenvalue weighted by Gasteiger charge is -2.19. The van der Waals surface area contributed by atoms with E-state index in [1.807, 2.05) is 54.6 Å². The molecule has 1 aliphatic heterocycles. The topological polar surface area (TPSA) is 66.5 Å². The predicted molar refractivity (Wildman–Crippen MR) is 117 cm³/mol. The Morgan fingerprint density at radius 3 is 2.57 bits per heavy atom. The molecule has 1 amide bonds. The molecule has 0 aliphatic carbocycles. The lowest BCUT2D eigenvalue weighted by molar-refractivity contribution is 0.0958. The summed E-state index contributed by atoms with van der Waals surface area (Å²) >= 11 is 0. The molecule has 0 bridgehead atoms. The second-order valence-electron chi connectivity index (χ2n) is 6.83. The zero-order valence-electron chi connectivity index (χ0n) is 16.2. The number of sulfonamides is 1. The maximum atomic E-state index is 13.2. The van der Waals surface area contributed by atoms with E-state index in [0.29, 0.717) is 18.7 Å². The monoisotopic (exact) mass is 416 g/mol. The van der Waals surface area contributed by atoms with Crippen molar-refractivity contribution in [2.75, 3.05) is 17.4 Å². The summed E-state index contributed by atoms with van der Waals surface area (Å²) in [4.78, 5) is 12.6. The molecule has 0 saturated heterocycles. The number of benzene rings is 3. The zero-order chi connectivity index (χ0) is 21.0. The van der Waals surface area contributed by atoms with Gasteiger partial charge in [0.15, 0.2) is 0 Å². The summed E-state index contributed by atoms with van der Waals surface area (Å²) in [6.45, 7) is 0.567. The largest absolute Gasteiger partial charge is 0.341 e. The molecule has 0 atom stereocenters. The maximum Gasteiger partial charge on any atom is 0.264 e. The molecule has 3 aromatic carbocycles. The highest BCUT2D eigenvalue weighted by Crippen LogP contribution is 2.32. The van der Waals surface area contributed by atoms with Crippen LogP contribution in [0.15, 0.2) is 83.8 Å². The second-order valence-corrected chi connectivity index (χ2v) is 8.70. The van der Waals surface area contributed by atoms with Gasteiger partial charge >= 0.3 is 0 Å². The van der Waals surface area contributed by atoms with Crippen molar-refractivity contribution in [3.63, 3.8) is 0 Å². The third-order valence-corrected chi connectivity index (χ3v) is 6.68. The molecular weight excluding hydrogens is 396 g/mol. The summed E-state index contributed by atoms with van der Waals surface area (Å²) in [5.41, 5.74) is 2.85. The Morgan fingerprint density at radius 2 is 1.73 bits per heavy atom. The van der Waals surface area contributed by atoms with Gasteiger partial charge in [-0.2, -0.15) is 0 Å². The second kappa shape index (κ2) is 8.44. The minimum absolute atomic E-state index is 0.0993. The molecule has 6 heteroatoms. The summed E-state index contributed by atoms with van der Waals surface area (Å²) in [5.74, 6) is 5.50. The van der Waals surface area contributed by atoms with Crippen molar-refractivity contribution in [3.8, 4) is 11.8 Å². The van der Waals surface area contributed by atoms with Gasteiger partial charge in [0.05, 0.1) is 17.1 Å². The van der Waals surface area contributed by atoms with E-state index in [1.54, 1.807) is 12.1 Å². The summed E-state index contributed by atoms with van der Waals surface area (Å²) < 4.78 is 27.7. The third kappa shape index (κ3) is 4.07. The smallest absolute Gasteiger partial charge is 0.264 e. The average Bonchev–Trinajstić information content (AvgIpc) is 3.22. The number of rotatable bonds is 4. The number of carbonyl (C=O) groups is 1. The first-order chi connectivity index (χ1) is 14.6. The number of fused-ring (bicyclic) bond motifs is 1. The Kier molecular flexibility index (Phi) is 5.55. The van der Waals surface area contributed by atoms with Crippen LogP contribution in [0.5, 0.6) is 0 Å². The van der Waals surface area contributed by atoms with Crippen LogP contribution in [0.3, 0.4) is 0 Å². The number of anilines is 1. The lowest BCUT2D eigenvalue weighted by atomic mass is 10.2. The fourth-order valence-electron chi connectivity index (χ4n) is 3.38. The van der Waals surface area contributed by atoms with E-state index in [9.17, 15) is 13.2 Å². The van der Waals surface area contributed by atoms with Crippen molar-refractivity contribution >= 4 is 21.6 Å². The summed E-state index contributed by atoms with van der Waals surface area (Å²) in [6, 6.07) is 23.1. The molecule has 1 aliphatic rings. The fourth-order valence-corrected chi connectivity index (χ4v) is 4.93. The molecule has 3 aromatic rings. The first-order valence-electron chi connectivity index (χ1n) is 9.58. The molecular formula is C24H20N2O3S. The maximum absolute atomic E-state index is 13.2. The Balaban J connectivity index is 1.49. The summed E-state index contributed by atoms with van der Waals surface area (Å²) in [5, 5.41) is 2.71. The van der Waals surface area contributed by atoms with Crippen LogP contribution in [-0.2, 0) is 16.4 Å². The van der Waals surface area contributed by atoms with Crippen LogP contribution in [0, 0.1) is 11.8 Å². The molecule has 4 rings (SSSR count). The van der Waals surface area contributed by atoms with Crippen LogP contribution in [0.25, 0.3) is 0 Å². The number of carbonyl (C=O) groups excluding carboxylic acids is 1. The van der Waals surface area contributed by atoms with Crippen molar-refractivity contribution in [2.24, 2.45) is 0 Å². The highest BCUT2D eigenvalue weighted by atomic mass is 32.2. The number of hydrogen-bond donors (Lipinski definition) is 1. The summed E-state index contributed by atoms with van der Waals surface area (Å²) in [6.07, 6.45) is 0.676. The summed E-state index contributed by atoms with van der Waals surface area (Å²) in [7, 11) is -3.74. The minimum Gasteiger partial charge on any atom is -0.341 e. The number of nitrogens with zero attached hydrogens (tertiary/aromatic N) is 1. The Labute approximate surface area is 176 Å². The Bertz CT molecular complexity index is 1240. The van der Waals surface area contributed by atoms with Gasteiger partial charge in [0.25, 0.3) is 15.9 Å². The van der Waals surface area contributed by atoms with Gasteiger partial charge in [-0.25, -0.2) is 8.42 Å². The van der Waals surface area contributed by atoms with Crippen molar-refractivity contribution in [1.29, 1.82) is 0 Å². The van der Waals surface area contributed by atoms with Crippen LogP contribution < -0.4 is 9.62 Å². The molecule has 1 N–H and O–H groups in total. The molecule has 5 nitrogen and oxygen atoms in total. The Morgan fingerprint density at radius 1 is 0.967 bits per heavy atom. The van der Waals surface area contributed by atoms with Gasteiger partial charge in [-0.15, -0.1) is 0 Å². The van der Waals surface area contributed by atoms with Gasteiger partial charge in [-0.1, -0.05) is 54.3 Å². The van der Waals surface area contributed by atoms with Gasteiger partial charge in [0, 0.05) is 17.7 Å². The van der Waals surface area contributed by atoms with Crippen molar-refractivity contribution in [3.05, 3.63) is 95.6 Å². The van der Waals surface area contributed by atoms with Gasteiger partial charge in [0.1, 0.15) is 0 Å². The van der Waals surface area contributed by atoms with Gasteiger partial charge in [-0.3, -0.25) is 9.10 Å². The number of hydrogen-bond acceptors (Lipinski definition) is 3. The number of amides is 1. The molecule has 0 saturated carbocycles. The van der Waals surface area contributed by atoms with E-state index < -0.39 is 10.0 Å². The van der Waals surface area contributed by atoms with Crippen molar-refractivity contribution < 1.29 is 13.2 Å². The zero-order valence-corrected chi connectivity index (χ0v) is 17.0. The van der Waals surface area contributed by atoms with Crippen LogP contribution in [0.1, 0.15) is 21.5 Å². The number of nitrogens with one attached hydrogen (secondary N) is 1. The van der Waals surface area contributed by atoms with E-state index >= 15 is 0 Å². The predicted octanol–water partition coefficient (Wildman–Crippen LogP) is 3.22. The van der Waals surface area contributed by atoms with Gasteiger partial charge in [-0.05, 0) is 48.4 Å². The van der Waals surface area contributed by atoms with Crippen LogP contribution >= 0.6 is 0 Å². The third-order valence-electron chi connectivity index (χ3n) is 4.87. The molecule has 0 radical (unpaired) electrons. The molecule has 0 aromatic heterocycles. The van der Waals surface area contributed by atoms with E-state index in [1.165, 1.54) is 16.4 Å². The molecule has 30 heavy (non-hydrogen) atoms. The van der Waals surface area contributed by atoms with Crippen LogP contribution in [0.2, 0.25) is 0 Å². The minimum atomic E-state index is -3.74. The lowest BCUT2D eigenvalue weighted by Crippen LogP contribution is -2.29. The molecule has 0 unspecified atom stereocenters. The highest BCUT2D eigenvalue weighted by molar-refractivity contribution is 7.92. The fraction of sp³-hybridized carbons (Fsp3) is 0.125. The SMILES string of the molecule is O=C(NCC#Cc1ccccc1)c1cccc(S(=O)(=O)N2CCc3ccccc32)c1. The van der Waals surface area contributed by atoms with E-state index in [-0.39, 0.29) is 22.9 Å². The molecule has 0 spiro atoms.